The van der Waals surface area contributed by atoms with E-state index in [4.69, 9.17) is 4.74 Å². The van der Waals surface area contributed by atoms with Crippen molar-refractivity contribution in [1.29, 1.82) is 0 Å². The third-order valence-electron chi connectivity index (χ3n) is 6.96. The summed E-state index contributed by atoms with van der Waals surface area (Å²) in [6.07, 6.45) is 9.02. The third kappa shape index (κ3) is 3.93. The minimum Gasteiger partial charge on any atom is -0.389 e. The second-order valence-electron chi connectivity index (χ2n) is 9.72. The Morgan fingerprint density at radius 1 is 1.09 bits per heavy atom. The Morgan fingerprint density at radius 3 is 2.35 bits per heavy atom. The molecule has 4 atom stereocenters. The highest BCUT2D eigenvalue weighted by molar-refractivity contribution is 4.97. The summed E-state index contributed by atoms with van der Waals surface area (Å²) in [5.41, 5.74) is 0.348. The van der Waals surface area contributed by atoms with Gasteiger partial charge in [-0.15, -0.1) is 0 Å². The molecular weight excluding hydrogens is 286 g/mol. The van der Waals surface area contributed by atoms with Gasteiger partial charge in [-0.05, 0) is 84.0 Å². The van der Waals surface area contributed by atoms with E-state index in [2.05, 4.69) is 32.6 Å². The van der Waals surface area contributed by atoms with Crippen molar-refractivity contribution in [3.8, 4) is 0 Å². The Balaban J connectivity index is 1.44. The fourth-order valence-corrected chi connectivity index (χ4v) is 5.74. The maximum Gasteiger partial charge on any atom is 0.0900 e. The molecule has 3 rings (SSSR count). The molecule has 1 saturated heterocycles. The molecular formula is C20H37NO2. The highest BCUT2D eigenvalue weighted by Gasteiger charge is 2.42. The van der Waals surface area contributed by atoms with E-state index in [1.165, 1.54) is 44.9 Å². The zero-order valence-corrected chi connectivity index (χ0v) is 15.7. The van der Waals surface area contributed by atoms with Crippen LogP contribution >= 0.6 is 0 Å². The highest BCUT2D eigenvalue weighted by Crippen LogP contribution is 2.48. The highest BCUT2D eigenvalue weighted by atomic mass is 16.5. The standard InChI is InChI=1S/C20H37NO2/c1-19(2)8-5-9-20(3,4)21(19)12-18(22)14-23-13-17-11-15-6-7-16(17)10-15/h15-18,22H,5-14H2,1-4H3/t15-,16-,17+,18+/m0/s1. The Morgan fingerprint density at radius 2 is 1.78 bits per heavy atom. The summed E-state index contributed by atoms with van der Waals surface area (Å²) in [4.78, 5) is 2.51. The predicted molar refractivity (Wildman–Crippen MR) is 94.5 cm³/mol. The summed E-state index contributed by atoms with van der Waals surface area (Å²) in [6, 6.07) is 0. The van der Waals surface area contributed by atoms with E-state index in [0.29, 0.717) is 6.61 Å². The van der Waals surface area contributed by atoms with Crippen LogP contribution in [-0.2, 0) is 4.74 Å². The molecule has 0 spiro atoms. The van der Waals surface area contributed by atoms with Crippen molar-refractivity contribution in [3.63, 3.8) is 0 Å². The van der Waals surface area contributed by atoms with Gasteiger partial charge in [0.05, 0.1) is 12.7 Å². The number of hydrogen-bond acceptors (Lipinski definition) is 3. The lowest BCUT2D eigenvalue weighted by Gasteiger charge is -2.53. The molecule has 23 heavy (non-hydrogen) atoms. The smallest absolute Gasteiger partial charge is 0.0900 e. The van der Waals surface area contributed by atoms with Crippen LogP contribution < -0.4 is 0 Å². The number of rotatable bonds is 6. The number of fused-ring (bicyclic) bond motifs is 2. The van der Waals surface area contributed by atoms with Crippen molar-refractivity contribution in [3.05, 3.63) is 0 Å². The number of piperidine rings is 1. The van der Waals surface area contributed by atoms with Crippen molar-refractivity contribution >= 4 is 0 Å². The average Bonchev–Trinajstić information content (AvgIpc) is 3.05. The summed E-state index contributed by atoms with van der Waals surface area (Å²) in [7, 11) is 0. The van der Waals surface area contributed by atoms with Gasteiger partial charge in [0.15, 0.2) is 0 Å². The van der Waals surface area contributed by atoms with Crippen LogP contribution in [0.25, 0.3) is 0 Å². The number of β-amino-alcohol motifs (C(OH)–C–C–N with tert-alkyl or cyclic N) is 1. The molecule has 3 heteroatoms. The summed E-state index contributed by atoms with van der Waals surface area (Å²) >= 11 is 0. The maximum absolute atomic E-state index is 10.5. The summed E-state index contributed by atoms with van der Waals surface area (Å²) < 4.78 is 5.93. The molecule has 2 aliphatic carbocycles. The van der Waals surface area contributed by atoms with Crippen LogP contribution in [-0.4, -0.2) is 46.9 Å². The fourth-order valence-electron chi connectivity index (χ4n) is 5.74. The first-order valence-electron chi connectivity index (χ1n) is 9.81. The Hall–Kier alpha value is -0.120. The van der Waals surface area contributed by atoms with E-state index in [0.717, 1.165) is 30.9 Å². The molecule has 3 fully saturated rings. The number of ether oxygens (including phenoxy) is 1. The van der Waals surface area contributed by atoms with Gasteiger partial charge in [-0.25, -0.2) is 0 Å². The zero-order chi connectivity index (χ0) is 16.7. The zero-order valence-electron chi connectivity index (χ0n) is 15.7. The minimum atomic E-state index is -0.370. The van der Waals surface area contributed by atoms with Gasteiger partial charge in [0.25, 0.3) is 0 Å². The fraction of sp³-hybridized carbons (Fsp3) is 1.00. The summed E-state index contributed by atoms with van der Waals surface area (Å²) in [6.45, 7) is 11.4. The predicted octanol–water partition coefficient (Wildman–Crippen LogP) is 3.84. The first-order valence-corrected chi connectivity index (χ1v) is 9.81. The molecule has 1 aliphatic heterocycles. The van der Waals surface area contributed by atoms with Crippen molar-refractivity contribution in [2.24, 2.45) is 17.8 Å². The van der Waals surface area contributed by atoms with E-state index in [9.17, 15) is 5.11 Å². The molecule has 1 heterocycles. The molecule has 0 unspecified atom stereocenters. The summed E-state index contributed by atoms with van der Waals surface area (Å²) in [5.74, 6) is 2.66. The van der Waals surface area contributed by atoms with Crippen LogP contribution in [0.1, 0.15) is 72.6 Å². The van der Waals surface area contributed by atoms with Crippen LogP contribution in [0.4, 0.5) is 0 Å². The number of likely N-dealkylation sites (tertiary alicyclic amines) is 1. The quantitative estimate of drug-likeness (QED) is 0.806. The Bertz CT molecular complexity index is 390. The topological polar surface area (TPSA) is 32.7 Å². The SMILES string of the molecule is CC1(C)CCCC(C)(C)N1C[C@@H](O)COC[C@H]1C[C@H]2CC[C@H]1C2. The first-order chi connectivity index (χ1) is 10.8. The molecule has 0 aromatic heterocycles. The van der Waals surface area contributed by atoms with Gasteiger partial charge >= 0.3 is 0 Å². The van der Waals surface area contributed by atoms with Crippen LogP contribution in [0.5, 0.6) is 0 Å². The molecule has 2 bridgehead atoms. The van der Waals surface area contributed by atoms with Gasteiger partial charge in [0.2, 0.25) is 0 Å². The van der Waals surface area contributed by atoms with Gasteiger partial charge < -0.3 is 9.84 Å². The van der Waals surface area contributed by atoms with E-state index >= 15 is 0 Å². The molecule has 0 amide bonds. The van der Waals surface area contributed by atoms with E-state index < -0.39 is 0 Å². The van der Waals surface area contributed by atoms with Gasteiger partial charge in [-0.3, -0.25) is 4.90 Å². The molecule has 0 radical (unpaired) electrons. The molecule has 2 saturated carbocycles. The molecule has 134 valence electrons. The minimum absolute atomic E-state index is 0.174. The third-order valence-corrected chi connectivity index (χ3v) is 6.96. The van der Waals surface area contributed by atoms with Crippen molar-refractivity contribution < 1.29 is 9.84 Å². The normalized spacial score (nSPS) is 37.2. The average molecular weight is 324 g/mol. The largest absolute Gasteiger partial charge is 0.389 e. The molecule has 0 aromatic rings. The lowest BCUT2D eigenvalue weighted by Crippen LogP contribution is -2.60. The monoisotopic (exact) mass is 323 g/mol. The van der Waals surface area contributed by atoms with Crippen molar-refractivity contribution in [2.45, 2.75) is 89.8 Å². The van der Waals surface area contributed by atoms with Gasteiger partial charge in [0, 0.05) is 24.2 Å². The van der Waals surface area contributed by atoms with Crippen LogP contribution in [0, 0.1) is 17.8 Å². The Labute approximate surface area is 142 Å². The van der Waals surface area contributed by atoms with Crippen molar-refractivity contribution in [2.75, 3.05) is 19.8 Å². The molecule has 0 aromatic carbocycles. The van der Waals surface area contributed by atoms with Crippen LogP contribution in [0.2, 0.25) is 0 Å². The van der Waals surface area contributed by atoms with Gasteiger partial charge in [-0.2, -0.15) is 0 Å². The Kier molecular flexibility index (Phi) is 5.11. The van der Waals surface area contributed by atoms with E-state index in [-0.39, 0.29) is 17.2 Å². The van der Waals surface area contributed by atoms with Crippen LogP contribution in [0.15, 0.2) is 0 Å². The number of hydrogen-bond donors (Lipinski definition) is 1. The molecule has 3 nitrogen and oxygen atoms in total. The van der Waals surface area contributed by atoms with E-state index in [1.54, 1.807) is 0 Å². The lowest BCUT2D eigenvalue weighted by atomic mass is 9.79. The number of aliphatic hydroxyl groups excluding tert-OH is 1. The second kappa shape index (κ2) is 6.65. The number of nitrogens with zero attached hydrogens (tertiary/aromatic N) is 1. The maximum atomic E-state index is 10.5. The molecule has 1 N–H and O–H groups in total. The summed E-state index contributed by atoms with van der Waals surface area (Å²) in [5, 5.41) is 10.5. The number of aliphatic hydroxyl groups is 1. The van der Waals surface area contributed by atoms with Crippen LogP contribution in [0.3, 0.4) is 0 Å². The van der Waals surface area contributed by atoms with Gasteiger partial charge in [0.1, 0.15) is 0 Å². The van der Waals surface area contributed by atoms with Gasteiger partial charge in [-0.1, -0.05) is 6.42 Å². The molecule has 3 aliphatic rings. The first kappa shape index (κ1) is 17.7. The van der Waals surface area contributed by atoms with E-state index in [1.807, 2.05) is 0 Å². The van der Waals surface area contributed by atoms with Crippen molar-refractivity contribution in [1.82, 2.24) is 4.90 Å². The second-order valence-corrected chi connectivity index (χ2v) is 9.72. The lowest BCUT2D eigenvalue weighted by molar-refractivity contribution is -0.0731.